The van der Waals surface area contributed by atoms with Crippen molar-refractivity contribution in [3.63, 3.8) is 0 Å². The monoisotopic (exact) mass is 375 g/mol. The highest BCUT2D eigenvalue weighted by molar-refractivity contribution is 7.91. The van der Waals surface area contributed by atoms with Crippen molar-refractivity contribution in [1.82, 2.24) is 15.1 Å². The molecule has 0 bridgehead atoms. The fourth-order valence-corrected chi connectivity index (χ4v) is 5.07. The number of rotatable bonds is 6. The Bertz CT molecular complexity index is 635. The van der Waals surface area contributed by atoms with Crippen LogP contribution in [0.1, 0.15) is 19.8 Å². The van der Waals surface area contributed by atoms with Crippen LogP contribution >= 0.6 is 0 Å². The summed E-state index contributed by atoms with van der Waals surface area (Å²) in [5.74, 6) is -0.976. The Labute approximate surface area is 147 Å². The van der Waals surface area contributed by atoms with E-state index < -0.39 is 21.8 Å². The van der Waals surface area contributed by atoms with Gasteiger partial charge in [0, 0.05) is 25.7 Å². The van der Waals surface area contributed by atoms with E-state index in [-0.39, 0.29) is 42.3 Å². The summed E-state index contributed by atoms with van der Waals surface area (Å²) in [6, 6.07) is -1.07. The van der Waals surface area contributed by atoms with E-state index in [4.69, 9.17) is 0 Å². The van der Waals surface area contributed by atoms with Crippen LogP contribution in [0.15, 0.2) is 0 Å². The average molecular weight is 375 g/mol. The molecule has 9 nitrogen and oxygen atoms in total. The molecule has 0 aromatic heterocycles. The third-order valence-electron chi connectivity index (χ3n) is 4.68. The van der Waals surface area contributed by atoms with Gasteiger partial charge in [0.05, 0.1) is 31.6 Å². The van der Waals surface area contributed by atoms with Gasteiger partial charge in [0.2, 0.25) is 11.8 Å². The van der Waals surface area contributed by atoms with Gasteiger partial charge in [-0.25, -0.2) is 8.42 Å². The number of likely N-dealkylation sites (N-methyl/N-ethyl adjacent to an activating group) is 1. The van der Waals surface area contributed by atoms with Crippen molar-refractivity contribution in [1.29, 1.82) is 0 Å². The van der Waals surface area contributed by atoms with Gasteiger partial charge in [0.15, 0.2) is 9.84 Å². The number of hydrogen-bond donors (Lipinski definition) is 1. The number of carbonyl (C=O) groups is 3. The van der Waals surface area contributed by atoms with Crippen molar-refractivity contribution in [3.05, 3.63) is 0 Å². The first-order chi connectivity index (χ1) is 11.8. The Morgan fingerprint density at radius 1 is 1.40 bits per heavy atom. The number of carbonyl (C=O) groups excluding carboxylic acids is 3. The van der Waals surface area contributed by atoms with E-state index >= 15 is 0 Å². The number of esters is 1. The van der Waals surface area contributed by atoms with Gasteiger partial charge in [-0.05, 0) is 13.3 Å². The molecule has 2 rings (SSSR count). The molecule has 0 saturated carbocycles. The van der Waals surface area contributed by atoms with E-state index in [0.717, 1.165) is 0 Å². The van der Waals surface area contributed by atoms with E-state index in [1.807, 2.05) is 0 Å². The predicted octanol–water partition coefficient (Wildman–Crippen LogP) is -1.61. The fourth-order valence-electron chi connectivity index (χ4n) is 3.34. The lowest BCUT2D eigenvalue weighted by Gasteiger charge is -2.36. The van der Waals surface area contributed by atoms with Gasteiger partial charge < -0.3 is 15.0 Å². The lowest BCUT2D eigenvalue weighted by Crippen LogP contribution is -2.58. The lowest BCUT2D eigenvalue weighted by atomic mass is 10.1. The van der Waals surface area contributed by atoms with Crippen LogP contribution in [0.4, 0.5) is 0 Å². The number of methoxy groups -OCH3 is 1. The molecular weight excluding hydrogens is 350 g/mol. The molecule has 2 aliphatic heterocycles. The number of piperazine rings is 1. The molecule has 2 amide bonds. The Kier molecular flexibility index (Phi) is 6.39. The van der Waals surface area contributed by atoms with E-state index in [0.29, 0.717) is 26.1 Å². The molecule has 0 aromatic rings. The van der Waals surface area contributed by atoms with Gasteiger partial charge >= 0.3 is 5.97 Å². The Hall–Kier alpha value is -1.68. The second-order valence-corrected chi connectivity index (χ2v) is 8.52. The summed E-state index contributed by atoms with van der Waals surface area (Å²) in [6.45, 7) is 3.02. The molecule has 2 fully saturated rings. The molecule has 0 unspecified atom stereocenters. The molecule has 1 N–H and O–H groups in total. The number of ether oxygens (including phenoxy) is 1. The second-order valence-electron chi connectivity index (χ2n) is 6.29. The van der Waals surface area contributed by atoms with Gasteiger partial charge in [-0.3, -0.25) is 19.3 Å². The minimum absolute atomic E-state index is 0.0152. The zero-order valence-electron chi connectivity index (χ0n) is 14.6. The highest BCUT2D eigenvalue weighted by Crippen LogP contribution is 2.19. The average Bonchev–Trinajstić information content (AvgIpc) is 2.91. The normalized spacial score (nSPS) is 26.1. The molecule has 0 radical (unpaired) electrons. The van der Waals surface area contributed by atoms with Crippen molar-refractivity contribution in [2.75, 3.05) is 44.8 Å². The van der Waals surface area contributed by atoms with Gasteiger partial charge in [-0.2, -0.15) is 0 Å². The topological polar surface area (TPSA) is 113 Å². The molecule has 2 heterocycles. The van der Waals surface area contributed by atoms with Gasteiger partial charge in [0.25, 0.3) is 0 Å². The van der Waals surface area contributed by atoms with Crippen LogP contribution in [0.5, 0.6) is 0 Å². The van der Waals surface area contributed by atoms with Crippen LogP contribution in [0.25, 0.3) is 0 Å². The van der Waals surface area contributed by atoms with E-state index in [9.17, 15) is 22.8 Å². The Morgan fingerprint density at radius 2 is 2.12 bits per heavy atom. The molecule has 142 valence electrons. The molecule has 0 spiro atoms. The van der Waals surface area contributed by atoms with Gasteiger partial charge in [0.1, 0.15) is 6.04 Å². The largest absolute Gasteiger partial charge is 0.469 e. The van der Waals surface area contributed by atoms with E-state index in [1.165, 1.54) is 7.11 Å². The highest BCUT2D eigenvalue weighted by Gasteiger charge is 2.37. The molecule has 10 heteroatoms. The van der Waals surface area contributed by atoms with Crippen LogP contribution in [0.3, 0.4) is 0 Å². The molecule has 25 heavy (non-hydrogen) atoms. The number of sulfone groups is 1. The quantitative estimate of drug-likeness (QED) is 0.556. The van der Waals surface area contributed by atoms with Gasteiger partial charge in [-0.15, -0.1) is 0 Å². The zero-order valence-corrected chi connectivity index (χ0v) is 15.4. The summed E-state index contributed by atoms with van der Waals surface area (Å²) in [6.07, 6.45) is 0.313. The first kappa shape index (κ1) is 19.6. The molecule has 2 saturated heterocycles. The number of nitrogens with zero attached hydrogens (tertiary/aromatic N) is 2. The van der Waals surface area contributed by atoms with Crippen LogP contribution in [0, 0.1) is 0 Å². The Morgan fingerprint density at radius 3 is 2.68 bits per heavy atom. The number of hydrogen-bond acceptors (Lipinski definition) is 7. The van der Waals surface area contributed by atoms with Crippen LogP contribution in [-0.2, 0) is 29.0 Å². The molecule has 0 aromatic carbocycles. The zero-order chi connectivity index (χ0) is 18.6. The fraction of sp³-hybridized carbons (Fsp3) is 0.800. The van der Waals surface area contributed by atoms with Crippen molar-refractivity contribution < 1.29 is 27.5 Å². The van der Waals surface area contributed by atoms with Crippen LogP contribution in [0.2, 0.25) is 0 Å². The maximum Gasteiger partial charge on any atom is 0.307 e. The van der Waals surface area contributed by atoms with E-state index in [2.05, 4.69) is 10.1 Å². The minimum Gasteiger partial charge on any atom is -0.469 e. The molecule has 0 aliphatic carbocycles. The SMILES string of the molecule is CCN(C(=O)CN1CCNC(=O)[C@H]1CC(=O)OC)[C@@H]1CCS(=O)(=O)C1. The Balaban J connectivity index is 2.05. The summed E-state index contributed by atoms with van der Waals surface area (Å²) >= 11 is 0. The first-order valence-electron chi connectivity index (χ1n) is 8.36. The summed E-state index contributed by atoms with van der Waals surface area (Å²) in [4.78, 5) is 39.5. The minimum atomic E-state index is -3.09. The van der Waals surface area contributed by atoms with Crippen molar-refractivity contribution >= 4 is 27.6 Å². The molecule has 2 atom stereocenters. The van der Waals surface area contributed by atoms with Crippen molar-refractivity contribution in [2.45, 2.75) is 31.8 Å². The highest BCUT2D eigenvalue weighted by atomic mass is 32.2. The van der Waals surface area contributed by atoms with Gasteiger partial charge in [-0.1, -0.05) is 0 Å². The summed E-state index contributed by atoms with van der Waals surface area (Å²) in [5.41, 5.74) is 0. The maximum atomic E-state index is 12.7. The van der Waals surface area contributed by atoms with Crippen LogP contribution in [-0.4, -0.2) is 92.9 Å². The maximum absolute atomic E-state index is 12.7. The molecular formula is C15H25N3O6S. The first-order valence-corrected chi connectivity index (χ1v) is 10.2. The second kappa shape index (κ2) is 8.13. The smallest absolute Gasteiger partial charge is 0.307 e. The van der Waals surface area contributed by atoms with Crippen molar-refractivity contribution in [2.24, 2.45) is 0 Å². The predicted molar refractivity (Wildman–Crippen MR) is 89.4 cm³/mol. The standard InChI is InChI=1S/C15H25N3O6S/c1-3-18(11-4-7-25(22,23)10-11)13(19)9-17-6-5-16-15(21)12(17)8-14(20)24-2/h11-12H,3-10H2,1-2H3,(H,16,21)/t11-,12-/m1/s1. The van der Waals surface area contributed by atoms with E-state index in [1.54, 1.807) is 16.7 Å². The number of nitrogens with one attached hydrogen (secondary N) is 1. The van der Waals surface area contributed by atoms with Crippen LogP contribution < -0.4 is 5.32 Å². The van der Waals surface area contributed by atoms with Crippen molar-refractivity contribution in [3.8, 4) is 0 Å². The summed E-state index contributed by atoms with van der Waals surface area (Å²) in [5, 5.41) is 2.68. The summed E-state index contributed by atoms with van der Waals surface area (Å²) < 4.78 is 28.0. The lowest BCUT2D eigenvalue weighted by molar-refractivity contribution is -0.147. The third-order valence-corrected chi connectivity index (χ3v) is 6.43. The number of amides is 2. The third kappa shape index (κ3) is 4.91. The molecule has 2 aliphatic rings. The summed E-state index contributed by atoms with van der Waals surface area (Å²) in [7, 11) is -1.84.